The molecule has 0 rings (SSSR count). The summed E-state index contributed by atoms with van der Waals surface area (Å²) in [6.45, 7) is 4.71. The van der Waals surface area contributed by atoms with Crippen molar-refractivity contribution < 1.29 is 42.9 Å². The largest absolute Gasteiger partial charge is 0.477 e. The first-order chi connectivity index (χ1) is 41.6. The number of carbonyl (C=O) groups is 3. The number of allylic oxidation sites excluding steroid dienone is 18. The second kappa shape index (κ2) is 65.9. The fraction of sp³-hybridized carbons (Fsp3) is 0.724. The number of carbonyl (C=O) groups excluding carboxylic acids is 2. The standard InChI is InChI=1S/C76H131NO8/c1-6-8-10-12-14-16-18-20-22-24-26-28-29-30-31-32-33-34-35-36-37-38-39-40-41-42-43-44-45-47-48-50-52-54-56-58-60-62-64-66-73(78)83-70-72(71-84-76(75(80)81)82-69-68-77(3,4)5)85-74(79)67-65-63-61-59-57-55-53-51-49-46-27-25-23-21-19-17-15-13-11-9-7-2/h9,11,15,17-18,20-21,23-24,26-27,29-30,46,51,53,57,59,72,76H,6-8,10,12-14,16,19,22,25,28,31-45,47-50,52,54-56,58,60-71H2,1-5H3/p+1/b11-9-,17-15-,20-18-,23-21-,26-24-,30-29-,46-27-,53-51-,59-57-. The summed E-state index contributed by atoms with van der Waals surface area (Å²) in [7, 11) is 5.96. The van der Waals surface area contributed by atoms with Crippen LogP contribution in [-0.4, -0.2) is 87.4 Å². The van der Waals surface area contributed by atoms with Crippen LogP contribution in [0.4, 0.5) is 0 Å². The maximum atomic E-state index is 12.9. The maximum Gasteiger partial charge on any atom is 0.361 e. The molecular formula is C76H132NO8+. The van der Waals surface area contributed by atoms with Crippen molar-refractivity contribution in [2.24, 2.45) is 0 Å². The van der Waals surface area contributed by atoms with Crippen molar-refractivity contribution in [2.75, 3.05) is 47.5 Å². The lowest BCUT2D eigenvalue weighted by molar-refractivity contribution is -0.870. The Morgan fingerprint density at radius 2 is 0.671 bits per heavy atom. The number of hydrogen-bond donors (Lipinski definition) is 1. The zero-order valence-electron chi connectivity index (χ0n) is 55.7. The summed E-state index contributed by atoms with van der Waals surface area (Å²) in [4.78, 5) is 37.5. The Labute approximate surface area is 524 Å². The molecule has 0 aromatic rings. The van der Waals surface area contributed by atoms with Gasteiger partial charge in [-0.2, -0.15) is 0 Å². The van der Waals surface area contributed by atoms with E-state index in [0.29, 0.717) is 23.9 Å². The molecule has 0 saturated heterocycles. The van der Waals surface area contributed by atoms with Crippen molar-refractivity contribution >= 4 is 17.9 Å². The normalized spacial score (nSPS) is 13.4. The van der Waals surface area contributed by atoms with Crippen molar-refractivity contribution in [3.63, 3.8) is 0 Å². The lowest BCUT2D eigenvalue weighted by atomic mass is 10.0. The number of quaternary nitrogens is 1. The van der Waals surface area contributed by atoms with Gasteiger partial charge in [-0.1, -0.05) is 290 Å². The van der Waals surface area contributed by atoms with Gasteiger partial charge in [0.1, 0.15) is 13.2 Å². The van der Waals surface area contributed by atoms with Gasteiger partial charge in [0, 0.05) is 12.8 Å². The lowest BCUT2D eigenvalue weighted by Crippen LogP contribution is -2.40. The van der Waals surface area contributed by atoms with Gasteiger partial charge in [-0.25, -0.2) is 4.79 Å². The summed E-state index contributed by atoms with van der Waals surface area (Å²) in [5, 5.41) is 9.73. The van der Waals surface area contributed by atoms with E-state index in [-0.39, 0.29) is 32.2 Å². The van der Waals surface area contributed by atoms with E-state index in [2.05, 4.69) is 123 Å². The van der Waals surface area contributed by atoms with Crippen LogP contribution in [0.1, 0.15) is 296 Å². The van der Waals surface area contributed by atoms with Crippen molar-refractivity contribution in [1.29, 1.82) is 0 Å². The average Bonchev–Trinajstić information content (AvgIpc) is 3.48. The number of carboxylic acids is 1. The second-order valence-electron chi connectivity index (χ2n) is 24.5. The molecule has 0 saturated carbocycles. The van der Waals surface area contributed by atoms with Crippen LogP contribution in [0.5, 0.6) is 0 Å². The highest BCUT2D eigenvalue weighted by atomic mass is 16.7. The van der Waals surface area contributed by atoms with Crippen LogP contribution < -0.4 is 0 Å². The van der Waals surface area contributed by atoms with Crippen LogP contribution in [0.25, 0.3) is 0 Å². The van der Waals surface area contributed by atoms with E-state index in [0.717, 1.165) is 83.5 Å². The molecule has 1 N–H and O–H groups in total. The molecule has 0 radical (unpaired) electrons. The minimum Gasteiger partial charge on any atom is -0.477 e. The van der Waals surface area contributed by atoms with E-state index in [1.54, 1.807) is 0 Å². The highest BCUT2D eigenvalue weighted by molar-refractivity contribution is 5.71. The summed E-state index contributed by atoms with van der Waals surface area (Å²) in [6, 6.07) is 0. The molecule has 0 aliphatic rings. The SMILES string of the molecule is CC/C=C\C/C=C\C/C=C\C/C=C\C/C=C\C/C=C\CCCCC(=O)OC(COC(=O)CCCCCCCCCCCCCCCCCCCCCCCCCC/C=C\C/C=C\C/C=C\CCCCCCC)COC(OCC[N+](C)(C)C)C(=O)O. The van der Waals surface area contributed by atoms with E-state index < -0.39 is 24.3 Å². The molecule has 0 amide bonds. The number of ether oxygens (including phenoxy) is 4. The van der Waals surface area contributed by atoms with E-state index in [4.69, 9.17) is 18.9 Å². The molecule has 0 fully saturated rings. The minimum absolute atomic E-state index is 0.175. The zero-order valence-corrected chi connectivity index (χ0v) is 55.7. The molecule has 2 unspecified atom stereocenters. The molecule has 0 spiro atoms. The monoisotopic (exact) mass is 1190 g/mol. The highest BCUT2D eigenvalue weighted by Crippen LogP contribution is 2.17. The number of unbranched alkanes of at least 4 members (excludes halogenated alkanes) is 31. The fourth-order valence-corrected chi connectivity index (χ4v) is 9.67. The van der Waals surface area contributed by atoms with Gasteiger partial charge in [-0.15, -0.1) is 0 Å². The smallest absolute Gasteiger partial charge is 0.361 e. The third kappa shape index (κ3) is 67.3. The molecule has 0 aromatic heterocycles. The number of esters is 2. The minimum atomic E-state index is -1.53. The highest BCUT2D eigenvalue weighted by Gasteiger charge is 2.25. The Bertz CT molecular complexity index is 1760. The van der Waals surface area contributed by atoms with Gasteiger partial charge >= 0.3 is 17.9 Å². The quantitative estimate of drug-likeness (QED) is 0.0211. The first-order valence-corrected chi connectivity index (χ1v) is 35.1. The van der Waals surface area contributed by atoms with Crippen LogP contribution in [0, 0.1) is 0 Å². The third-order valence-corrected chi connectivity index (χ3v) is 15.0. The Morgan fingerprint density at radius 3 is 1.02 bits per heavy atom. The summed E-state index contributed by atoms with van der Waals surface area (Å²) < 4.78 is 22.9. The molecule has 85 heavy (non-hydrogen) atoms. The number of likely N-dealkylation sites (N-methyl/N-ethyl adjacent to an activating group) is 1. The predicted molar refractivity (Wildman–Crippen MR) is 364 cm³/mol. The third-order valence-electron chi connectivity index (χ3n) is 15.0. The molecule has 9 nitrogen and oxygen atoms in total. The zero-order chi connectivity index (χ0) is 61.9. The summed E-state index contributed by atoms with van der Waals surface area (Å²) in [6.07, 6.45) is 89.4. The number of hydrogen-bond acceptors (Lipinski definition) is 7. The fourth-order valence-electron chi connectivity index (χ4n) is 9.67. The first kappa shape index (κ1) is 81.0. The van der Waals surface area contributed by atoms with Crippen molar-refractivity contribution in [3.05, 3.63) is 109 Å². The molecule has 0 aliphatic heterocycles. The number of carboxylic acid groups (broad SMARTS) is 1. The molecule has 0 bridgehead atoms. The van der Waals surface area contributed by atoms with Crippen LogP contribution >= 0.6 is 0 Å². The molecule has 2 atom stereocenters. The first-order valence-electron chi connectivity index (χ1n) is 35.1. The van der Waals surface area contributed by atoms with Gasteiger partial charge in [0.15, 0.2) is 6.10 Å². The Morgan fingerprint density at radius 1 is 0.365 bits per heavy atom. The predicted octanol–water partition coefficient (Wildman–Crippen LogP) is 21.8. The Balaban J connectivity index is 4.05. The topological polar surface area (TPSA) is 108 Å². The van der Waals surface area contributed by atoms with E-state index >= 15 is 0 Å². The van der Waals surface area contributed by atoms with Crippen LogP contribution in [0.15, 0.2) is 109 Å². The van der Waals surface area contributed by atoms with Gasteiger partial charge in [0.05, 0.1) is 34.4 Å². The molecule has 0 aliphatic carbocycles. The number of nitrogens with zero attached hydrogens (tertiary/aromatic N) is 1. The second-order valence-corrected chi connectivity index (χ2v) is 24.5. The maximum absolute atomic E-state index is 12.9. The summed E-state index contributed by atoms with van der Waals surface area (Å²) >= 11 is 0. The summed E-state index contributed by atoms with van der Waals surface area (Å²) in [5.41, 5.74) is 0. The van der Waals surface area contributed by atoms with Crippen molar-refractivity contribution in [3.8, 4) is 0 Å². The van der Waals surface area contributed by atoms with Crippen molar-refractivity contribution in [1.82, 2.24) is 0 Å². The van der Waals surface area contributed by atoms with Gasteiger partial charge < -0.3 is 28.5 Å². The Kier molecular flexibility index (Phi) is 62.8. The van der Waals surface area contributed by atoms with Crippen LogP contribution in [-0.2, 0) is 33.3 Å². The number of rotatable bonds is 64. The van der Waals surface area contributed by atoms with E-state index in [1.165, 1.54) is 180 Å². The number of aliphatic carboxylic acids is 1. The Hall–Kier alpha value is -4.05. The molecule has 0 heterocycles. The average molecular weight is 1190 g/mol. The molecular weight excluding hydrogens is 1050 g/mol. The van der Waals surface area contributed by atoms with Gasteiger partial charge in [-0.3, -0.25) is 9.59 Å². The van der Waals surface area contributed by atoms with E-state index in [9.17, 15) is 19.5 Å². The van der Waals surface area contributed by atoms with Gasteiger partial charge in [-0.05, 0) is 103 Å². The van der Waals surface area contributed by atoms with Gasteiger partial charge in [0.25, 0.3) is 6.29 Å². The molecule has 488 valence electrons. The molecule has 9 heteroatoms. The van der Waals surface area contributed by atoms with Crippen molar-refractivity contribution in [2.45, 2.75) is 309 Å². The summed E-state index contributed by atoms with van der Waals surface area (Å²) in [5.74, 6) is -2.06. The van der Waals surface area contributed by atoms with Gasteiger partial charge in [0.2, 0.25) is 0 Å². The van der Waals surface area contributed by atoms with Crippen LogP contribution in [0.3, 0.4) is 0 Å². The molecule has 0 aromatic carbocycles. The van der Waals surface area contributed by atoms with Crippen LogP contribution in [0.2, 0.25) is 0 Å². The lowest BCUT2D eigenvalue weighted by Gasteiger charge is -2.25. The van der Waals surface area contributed by atoms with E-state index in [1.807, 2.05) is 21.1 Å².